The zero-order chi connectivity index (χ0) is 9.26. The van der Waals surface area contributed by atoms with Gasteiger partial charge in [-0.3, -0.25) is 0 Å². The maximum Gasteiger partial charge on any atom is 0.143 e. The van der Waals surface area contributed by atoms with Gasteiger partial charge in [-0.05, 0) is 12.1 Å². The molecule has 0 aromatic heterocycles. The van der Waals surface area contributed by atoms with Gasteiger partial charge in [-0.15, -0.1) is 0 Å². The van der Waals surface area contributed by atoms with Crippen molar-refractivity contribution in [2.45, 2.75) is 0 Å². The average Bonchev–Trinajstić information content (AvgIpc) is 2.16. The Morgan fingerprint density at radius 3 is 3.15 bits per heavy atom. The van der Waals surface area contributed by atoms with E-state index in [0.29, 0.717) is 11.6 Å². The number of methoxy groups -OCH3 is 1. The van der Waals surface area contributed by atoms with E-state index in [0.717, 1.165) is 17.2 Å². The number of rotatable bonds is 1. The van der Waals surface area contributed by atoms with E-state index in [1.165, 1.54) is 0 Å². The van der Waals surface area contributed by atoms with Crippen molar-refractivity contribution >= 4 is 22.9 Å². The van der Waals surface area contributed by atoms with Crippen LogP contribution in [-0.2, 0) is 0 Å². The fraction of sp³-hybridized carbons (Fsp3) is 0.222. The molecule has 1 heterocycles. The van der Waals surface area contributed by atoms with Crippen molar-refractivity contribution in [1.82, 2.24) is 0 Å². The number of thiocarbonyl (C=S) groups is 1. The second kappa shape index (κ2) is 3.22. The van der Waals surface area contributed by atoms with Gasteiger partial charge in [0.2, 0.25) is 0 Å². The lowest BCUT2D eigenvalue weighted by molar-refractivity contribution is 0.372. The van der Waals surface area contributed by atoms with Crippen LogP contribution in [0.5, 0.6) is 11.5 Å². The molecule has 0 saturated carbocycles. The molecule has 0 spiro atoms. The van der Waals surface area contributed by atoms with E-state index in [-0.39, 0.29) is 0 Å². The highest BCUT2D eigenvalue weighted by atomic mass is 32.1. The molecule has 1 aromatic rings. The normalized spacial score (nSPS) is 14.1. The van der Waals surface area contributed by atoms with Gasteiger partial charge >= 0.3 is 0 Å². The number of benzene rings is 1. The monoisotopic (exact) mass is 195 g/mol. The minimum atomic E-state index is 0.453. The molecule has 68 valence electrons. The Balaban J connectivity index is 2.38. The van der Waals surface area contributed by atoms with Crippen molar-refractivity contribution in [2.24, 2.45) is 0 Å². The van der Waals surface area contributed by atoms with Crippen LogP contribution in [0.25, 0.3) is 0 Å². The molecule has 0 saturated heterocycles. The minimum absolute atomic E-state index is 0.453. The Bertz CT molecular complexity index is 351. The van der Waals surface area contributed by atoms with Gasteiger partial charge in [0.15, 0.2) is 0 Å². The van der Waals surface area contributed by atoms with E-state index >= 15 is 0 Å². The van der Waals surface area contributed by atoms with Crippen LogP contribution >= 0.6 is 12.2 Å². The predicted octanol–water partition coefficient (Wildman–Crippen LogP) is 1.83. The first-order valence-electron chi connectivity index (χ1n) is 3.90. The lowest BCUT2D eigenvalue weighted by Crippen LogP contribution is -2.23. The lowest BCUT2D eigenvalue weighted by Gasteiger charge is -2.19. The summed E-state index contributed by atoms with van der Waals surface area (Å²) in [6, 6.07) is 5.58. The fourth-order valence-corrected chi connectivity index (χ4v) is 1.36. The smallest absolute Gasteiger partial charge is 0.143 e. The Morgan fingerprint density at radius 1 is 1.54 bits per heavy atom. The average molecular weight is 195 g/mol. The highest BCUT2D eigenvalue weighted by molar-refractivity contribution is 7.80. The number of fused-ring (bicyclic) bond motifs is 1. The summed E-state index contributed by atoms with van der Waals surface area (Å²) in [7, 11) is 1.63. The van der Waals surface area contributed by atoms with Crippen molar-refractivity contribution in [3.8, 4) is 11.5 Å². The summed E-state index contributed by atoms with van der Waals surface area (Å²) in [5, 5.41) is 3.06. The number of hydrogen-bond acceptors (Lipinski definition) is 3. The highest BCUT2D eigenvalue weighted by Gasteiger charge is 2.13. The van der Waals surface area contributed by atoms with Gasteiger partial charge in [0.1, 0.15) is 23.1 Å². The molecule has 4 heteroatoms. The van der Waals surface area contributed by atoms with Crippen molar-refractivity contribution in [3.63, 3.8) is 0 Å². The molecular weight excluding hydrogens is 186 g/mol. The summed E-state index contributed by atoms with van der Waals surface area (Å²) >= 11 is 4.98. The van der Waals surface area contributed by atoms with Crippen LogP contribution in [0.2, 0.25) is 0 Å². The first-order valence-corrected chi connectivity index (χ1v) is 4.31. The standard InChI is InChI=1S/C9H9NO2S/c1-11-6-2-3-8-7(4-6)10-9(13)5-12-8/h2-4H,5H2,1H3,(H,10,13). The van der Waals surface area contributed by atoms with E-state index in [1.54, 1.807) is 7.11 Å². The van der Waals surface area contributed by atoms with Gasteiger partial charge < -0.3 is 14.8 Å². The van der Waals surface area contributed by atoms with Crippen LogP contribution in [0.3, 0.4) is 0 Å². The van der Waals surface area contributed by atoms with E-state index in [2.05, 4.69) is 5.32 Å². The second-order valence-corrected chi connectivity index (χ2v) is 3.19. The van der Waals surface area contributed by atoms with Crippen LogP contribution in [-0.4, -0.2) is 18.7 Å². The first-order chi connectivity index (χ1) is 6.29. The molecule has 3 nitrogen and oxygen atoms in total. The Morgan fingerprint density at radius 2 is 2.38 bits per heavy atom. The molecule has 0 bridgehead atoms. The van der Waals surface area contributed by atoms with E-state index < -0.39 is 0 Å². The molecule has 0 fully saturated rings. The first kappa shape index (κ1) is 8.31. The van der Waals surface area contributed by atoms with E-state index in [4.69, 9.17) is 21.7 Å². The lowest BCUT2D eigenvalue weighted by atomic mass is 10.2. The van der Waals surface area contributed by atoms with Crippen LogP contribution < -0.4 is 14.8 Å². The van der Waals surface area contributed by atoms with Crippen molar-refractivity contribution in [2.75, 3.05) is 19.0 Å². The molecule has 13 heavy (non-hydrogen) atoms. The quantitative estimate of drug-likeness (QED) is 0.692. The number of nitrogens with one attached hydrogen (secondary N) is 1. The molecule has 1 aliphatic rings. The summed E-state index contributed by atoms with van der Waals surface area (Å²) in [4.78, 5) is 0.695. The maximum atomic E-state index is 5.38. The van der Waals surface area contributed by atoms with Crippen LogP contribution in [0.15, 0.2) is 18.2 Å². The molecule has 1 aromatic carbocycles. The Hall–Kier alpha value is -1.29. The van der Waals surface area contributed by atoms with Crippen LogP contribution in [0, 0.1) is 0 Å². The molecule has 0 atom stereocenters. The largest absolute Gasteiger partial charge is 0.497 e. The third kappa shape index (κ3) is 1.58. The Labute approximate surface area is 81.7 Å². The molecule has 0 unspecified atom stereocenters. The minimum Gasteiger partial charge on any atom is -0.497 e. The molecule has 1 N–H and O–H groups in total. The van der Waals surface area contributed by atoms with Gasteiger partial charge in [-0.25, -0.2) is 0 Å². The fourth-order valence-electron chi connectivity index (χ4n) is 1.19. The van der Waals surface area contributed by atoms with Crippen molar-refractivity contribution in [1.29, 1.82) is 0 Å². The summed E-state index contributed by atoms with van der Waals surface area (Å²) in [6.07, 6.45) is 0. The number of anilines is 1. The molecule has 1 aliphatic heterocycles. The third-order valence-corrected chi connectivity index (χ3v) is 2.04. The zero-order valence-electron chi connectivity index (χ0n) is 7.16. The van der Waals surface area contributed by atoms with Gasteiger partial charge in [-0.2, -0.15) is 0 Å². The highest BCUT2D eigenvalue weighted by Crippen LogP contribution is 2.31. The summed E-state index contributed by atoms with van der Waals surface area (Å²) < 4.78 is 10.5. The third-order valence-electron chi connectivity index (χ3n) is 1.82. The molecule has 0 radical (unpaired) electrons. The molecular formula is C9H9NO2S. The summed E-state index contributed by atoms with van der Waals surface area (Å²) in [5.74, 6) is 1.61. The zero-order valence-corrected chi connectivity index (χ0v) is 7.98. The van der Waals surface area contributed by atoms with E-state index in [9.17, 15) is 0 Å². The van der Waals surface area contributed by atoms with Crippen molar-refractivity contribution < 1.29 is 9.47 Å². The van der Waals surface area contributed by atoms with Gasteiger partial charge in [0.25, 0.3) is 0 Å². The van der Waals surface area contributed by atoms with Crippen molar-refractivity contribution in [3.05, 3.63) is 18.2 Å². The van der Waals surface area contributed by atoms with Gasteiger partial charge in [-0.1, -0.05) is 12.2 Å². The SMILES string of the molecule is COc1ccc2c(c1)NC(=S)CO2. The van der Waals surface area contributed by atoms with Crippen LogP contribution in [0.1, 0.15) is 0 Å². The number of ether oxygens (including phenoxy) is 2. The topological polar surface area (TPSA) is 30.5 Å². The van der Waals surface area contributed by atoms with E-state index in [1.807, 2.05) is 18.2 Å². The molecule has 0 amide bonds. The molecule has 0 aliphatic carbocycles. The summed E-state index contributed by atoms with van der Waals surface area (Å²) in [5.41, 5.74) is 0.871. The second-order valence-electron chi connectivity index (χ2n) is 2.70. The van der Waals surface area contributed by atoms with Crippen LogP contribution in [0.4, 0.5) is 5.69 Å². The Kier molecular flexibility index (Phi) is 2.06. The maximum absolute atomic E-state index is 5.38. The van der Waals surface area contributed by atoms with Gasteiger partial charge in [0, 0.05) is 6.07 Å². The number of hydrogen-bond donors (Lipinski definition) is 1. The van der Waals surface area contributed by atoms with Gasteiger partial charge in [0.05, 0.1) is 12.8 Å². The predicted molar refractivity (Wildman–Crippen MR) is 54.7 cm³/mol. The molecule has 2 rings (SSSR count). The summed E-state index contributed by atoms with van der Waals surface area (Å²) in [6.45, 7) is 0.453.